The van der Waals surface area contributed by atoms with Gasteiger partial charge in [-0.05, 0) is 18.8 Å². The van der Waals surface area contributed by atoms with Crippen LogP contribution in [0.4, 0.5) is 0 Å². The Kier molecular flexibility index (Phi) is 7.79. The summed E-state index contributed by atoms with van der Waals surface area (Å²) in [6, 6.07) is 20.2. The lowest BCUT2D eigenvalue weighted by atomic mass is 9.98. The van der Waals surface area contributed by atoms with Gasteiger partial charge in [-0.25, -0.2) is 0 Å². The van der Waals surface area contributed by atoms with Crippen LogP contribution in [0, 0.1) is 5.92 Å². The highest BCUT2D eigenvalue weighted by Crippen LogP contribution is 2.46. The van der Waals surface area contributed by atoms with Gasteiger partial charge in [0, 0.05) is 16.8 Å². The Morgan fingerprint density at radius 1 is 0.750 bits per heavy atom. The van der Waals surface area contributed by atoms with Crippen molar-refractivity contribution in [2.75, 3.05) is 6.16 Å². The molecule has 0 spiro atoms. The SMILES string of the molecule is CCCCC(CCCC)CP(=O)(c1ccccc1)c1ccccc1. The summed E-state index contributed by atoms with van der Waals surface area (Å²) in [6.07, 6.45) is 8.09. The Morgan fingerprint density at radius 2 is 1.17 bits per heavy atom. The number of benzene rings is 2. The Bertz CT molecular complexity index is 569. The Labute approximate surface area is 147 Å². The minimum absolute atomic E-state index is 0.552. The van der Waals surface area contributed by atoms with E-state index in [2.05, 4.69) is 13.8 Å². The zero-order valence-corrected chi connectivity index (χ0v) is 16.1. The molecular weight excluding hydrogens is 311 g/mol. The van der Waals surface area contributed by atoms with Gasteiger partial charge in [0.15, 0.2) is 0 Å². The molecule has 0 unspecified atom stereocenters. The molecule has 2 rings (SSSR count). The van der Waals surface area contributed by atoms with E-state index in [0.717, 1.165) is 16.8 Å². The molecular formula is C22H31OP. The molecule has 2 aromatic rings. The zero-order chi connectivity index (χ0) is 17.3. The monoisotopic (exact) mass is 342 g/mol. The summed E-state index contributed by atoms with van der Waals surface area (Å²) in [5.74, 6) is 0.552. The number of hydrogen-bond donors (Lipinski definition) is 0. The van der Waals surface area contributed by atoms with Gasteiger partial charge in [0.05, 0.1) is 0 Å². The molecule has 0 aromatic heterocycles. The molecule has 0 heterocycles. The molecule has 24 heavy (non-hydrogen) atoms. The number of rotatable bonds is 10. The Hall–Kier alpha value is -1.33. The molecule has 0 fully saturated rings. The second-order valence-electron chi connectivity index (χ2n) is 6.74. The summed E-state index contributed by atoms with van der Waals surface area (Å²) >= 11 is 0. The fourth-order valence-corrected chi connectivity index (χ4v) is 6.49. The van der Waals surface area contributed by atoms with E-state index >= 15 is 0 Å². The summed E-state index contributed by atoms with van der Waals surface area (Å²) in [5.41, 5.74) is 0. The minimum atomic E-state index is -2.56. The molecule has 0 saturated carbocycles. The van der Waals surface area contributed by atoms with Crippen molar-refractivity contribution in [1.82, 2.24) is 0 Å². The average Bonchev–Trinajstić information content (AvgIpc) is 2.65. The van der Waals surface area contributed by atoms with Gasteiger partial charge < -0.3 is 4.57 Å². The predicted octanol–water partition coefficient (Wildman–Crippen LogP) is 6.00. The van der Waals surface area contributed by atoms with Crippen LogP contribution in [-0.4, -0.2) is 6.16 Å². The van der Waals surface area contributed by atoms with E-state index < -0.39 is 7.14 Å². The highest BCUT2D eigenvalue weighted by Gasteiger charge is 2.30. The normalized spacial score (nSPS) is 11.8. The first-order chi connectivity index (χ1) is 11.7. The molecule has 0 aliphatic heterocycles. The van der Waals surface area contributed by atoms with Crippen molar-refractivity contribution in [3.05, 3.63) is 60.7 Å². The van der Waals surface area contributed by atoms with E-state index in [-0.39, 0.29) is 0 Å². The number of unbranched alkanes of at least 4 members (excludes halogenated alkanes) is 2. The topological polar surface area (TPSA) is 17.1 Å². The van der Waals surface area contributed by atoms with Gasteiger partial charge in [0.25, 0.3) is 0 Å². The van der Waals surface area contributed by atoms with Crippen LogP contribution in [0.5, 0.6) is 0 Å². The Balaban J connectivity index is 2.33. The van der Waals surface area contributed by atoms with Crippen molar-refractivity contribution < 1.29 is 4.57 Å². The summed E-state index contributed by atoms with van der Waals surface area (Å²) in [5, 5.41) is 2.02. The molecule has 0 aliphatic rings. The molecule has 0 radical (unpaired) electrons. The third-order valence-electron chi connectivity index (χ3n) is 4.79. The van der Waals surface area contributed by atoms with E-state index in [1.165, 1.54) is 38.5 Å². The summed E-state index contributed by atoms with van der Waals surface area (Å²) in [7, 11) is -2.56. The molecule has 0 bridgehead atoms. The van der Waals surface area contributed by atoms with Crippen molar-refractivity contribution >= 4 is 17.8 Å². The third kappa shape index (κ3) is 5.08. The zero-order valence-electron chi connectivity index (χ0n) is 15.2. The lowest BCUT2D eigenvalue weighted by molar-refractivity contribution is 0.453. The van der Waals surface area contributed by atoms with Crippen molar-refractivity contribution in [2.24, 2.45) is 5.92 Å². The molecule has 0 saturated heterocycles. The maximum atomic E-state index is 14.2. The van der Waals surface area contributed by atoms with Crippen molar-refractivity contribution in [1.29, 1.82) is 0 Å². The average molecular weight is 342 g/mol. The van der Waals surface area contributed by atoms with Gasteiger partial charge in [0.1, 0.15) is 7.14 Å². The van der Waals surface area contributed by atoms with Crippen LogP contribution in [0.15, 0.2) is 60.7 Å². The van der Waals surface area contributed by atoms with Crippen LogP contribution in [0.25, 0.3) is 0 Å². The van der Waals surface area contributed by atoms with Crippen LogP contribution in [0.1, 0.15) is 52.4 Å². The molecule has 1 nitrogen and oxygen atoms in total. The van der Waals surface area contributed by atoms with E-state index in [9.17, 15) is 4.57 Å². The second-order valence-corrected chi connectivity index (χ2v) is 9.62. The summed E-state index contributed by atoms with van der Waals surface area (Å²) in [6.45, 7) is 4.48. The first-order valence-corrected chi connectivity index (χ1v) is 11.3. The van der Waals surface area contributed by atoms with Crippen LogP contribution in [-0.2, 0) is 4.57 Å². The Morgan fingerprint density at radius 3 is 1.54 bits per heavy atom. The summed E-state index contributed by atoms with van der Waals surface area (Å²) < 4.78 is 14.2. The van der Waals surface area contributed by atoms with E-state index in [1.807, 2.05) is 60.7 Å². The van der Waals surface area contributed by atoms with Crippen LogP contribution < -0.4 is 10.6 Å². The van der Waals surface area contributed by atoms with Gasteiger partial charge in [-0.15, -0.1) is 0 Å². The van der Waals surface area contributed by atoms with Gasteiger partial charge in [-0.2, -0.15) is 0 Å². The fourth-order valence-electron chi connectivity index (χ4n) is 3.37. The van der Waals surface area contributed by atoms with Crippen LogP contribution >= 0.6 is 7.14 Å². The molecule has 2 heteroatoms. The van der Waals surface area contributed by atoms with Crippen molar-refractivity contribution in [3.8, 4) is 0 Å². The standard InChI is InChI=1S/C22H31OP/c1-3-5-13-20(14-6-4-2)19-24(23,21-15-9-7-10-16-21)22-17-11-8-12-18-22/h7-12,15-18,20H,3-6,13-14,19H2,1-2H3. The van der Waals surface area contributed by atoms with E-state index in [0.29, 0.717) is 5.92 Å². The fraction of sp³-hybridized carbons (Fsp3) is 0.455. The smallest absolute Gasteiger partial charge is 0.143 e. The van der Waals surface area contributed by atoms with Crippen LogP contribution in [0.2, 0.25) is 0 Å². The highest BCUT2D eigenvalue weighted by molar-refractivity contribution is 7.78. The molecule has 130 valence electrons. The van der Waals surface area contributed by atoms with Crippen molar-refractivity contribution in [3.63, 3.8) is 0 Å². The quantitative estimate of drug-likeness (QED) is 0.484. The van der Waals surface area contributed by atoms with Gasteiger partial charge >= 0.3 is 0 Å². The first-order valence-electron chi connectivity index (χ1n) is 9.41. The predicted molar refractivity (Wildman–Crippen MR) is 107 cm³/mol. The van der Waals surface area contributed by atoms with Gasteiger partial charge in [0.2, 0.25) is 0 Å². The minimum Gasteiger partial charge on any atom is -0.314 e. The molecule has 2 aromatic carbocycles. The second kappa shape index (κ2) is 9.84. The summed E-state index contributed by atoms with van der Waals surface area (Å²) in [4.78, 5) is 0. The molecule has 0 aliphatic carbocycles. The number of hydrogen-bond acceptors (Lipinski definition) is 1. The van der Waals surface area contributed by atoms with Crippen LogP contribution in [0.3, 0.4) is 0 Å². The van der Waals surface area contributed by atoms with E-state index in [1.54, 1.807) is 0 Å². The molecule has 0 N–H and O–H groups in total. The van der Waals surface area contributed by atoms with E-state index in [4.69, 9.17) is 0 Å². The molecule has 0 atom stereocenters. The lowest BCUT2D eigenvalue weighted by Crippen LogP contribution is -2.22. The lowest BCUT2D eigenvalue weighted by Gasteiger charge is -2.25. The van der Waals surface area contributed by atoms with Crippen molar-refractivity contribution in [2.45, 2.75) is 52.4 Å². The maximum absolute atomic E-state index is 14.2. The largest absolute Gasteiger partial charge is 0.314 e. The highest BCUT2D eigenvalue weighted by atomic mass is 31.2. The maximum Gasteiger partial charge on any atom is 0.143 e. The molecule has 0 amide bonds. The van der Waals surface area contributed by atoms with Gasteiger partial charge in [-0.3, -0.25) is 0 Å². The first kappa shape index (κ1) is 19.0. The third-order valence-corrected chi connectivity index (χ3v) is 8.09. The van der Waals surface area contributed by atoms with Gasteiger partial charge in [-0.1, -0.05) is 100 Å².